The van der Waals surface area contributed by atoms with Crippen LogP contribution in [0.4, 0.5) is 0 Å². The van der Waals surface area contributed by atoms with Gasteiger partial charge in [-0.3, -0.25) is 0 Å². The van der Waals surface area contributed by atoms with Gasteiger partial charge in [-0.2, -0.15) is 0 Å². The Balaban J connectivity index is 3.51. The van der Waals surface area contributed by atoms with Crippen molar-refractivity contribution < 1.29 is 29.3 Å². The first kappa shape index (κ1) is 42.9. The molecule has 0 bridgehead atoms. The zero-order valence-corrected chi connectivity index (χ0v) is 29.3. The van der Waals surface area contributed by atoms with Gasteiger partial charge in [0.25, 0.3) is 0 Å². The molecule has 0 radical (unpaired) electrons. The SMILES string of the molecule is CCCCCCCCCCCCCCCCCCOC(=O)[C@H](O)[C@@H](O)C(=O)OCCCCCCCCCCCCCCCC. The minimum atomic E-state index is -1.90. The van der Waals surface area contributed by atoms with Gasteiger partial charge in [0.15, 0.2) is 12.2 Å². The first-order valence-corrected chi connectivity index (χ1v) is 19.2. The van der Waals surface area contributed by atoms with Gasteiger partial charge in [0.2, 0.25) is 0 Å². The highest BCUT2D eigenvalue weighted by molar-refractivity contribution is 5.85. The van der Waals surface area contributed by atoms with Gasteiger partial charge in [-0.25, -0.2) is 9.59 Å². The van der Waals surface area contributed by atoms with Crippen LogP contribution in [0.25, 0.3) is 0 Å². The maximum absolute atomic E-state index is 12.0. The Bertz CT molecular complexity index is 610. The van der Waals surface area contributed by atoms with E-state index in [1.807, 2.05) is 0 Å². The van der Waals surface area contributed by atoms with Crippen molar-refractivity contribution >= 4 is 11.9 Å². The summed E-state index contributed by atoms with van der Waals surface area (Å²) in [5.74, 6) is -1.93. The molecule has 0 spiro atoms. The second-order valence-corrected chi connectivity index (χ2v) is 13.1. The van der Waals surface area contributed by atoms with Crippen LogP contribution in [0.5, 0.6) is 0 Å². The normalized spacial score (nSPS) is 12.7. The van der Waals surface area contributed by atoms with E-state index in [0.717, 1.165) is 38.5 Å². The molecular weight excluding hydrogens is 552 g/mol. The van der Waals surface area contributed by atoms with Gasteiger partial charge in [0.05, 0.1) is 13.2 Å². The lowest BCUT2D eigenvalue weighted by atomic mass is 10.0. The Morgan fingerprint density at radius 3 is 0.750 bits per heavy atom. The second kappa shape index (κ2) is 34.7. The molecule has 262 valence electrons. The maximum atomic E-state index is 12.0. The molecule has 0 aromatic heterocycles. The van der Waals surface area contributed by atoms with Crippen molar-refractivity contribution in [2.24, 2.45) is 0 Å². The lowest BCUT2D eigenvalue weighted by Gasteiger charge is -2.16. The van der Waals surface area contributed by atoms with Crippen LogP contribution in [0.3, 0.4) is 0 Å². The third kappa shape index (κ3) is 29.6. The molecule has 6 nitrogen and oxygen atoms in total. The zero-order valence-electron chi connectivity index (χ0n) is 29.3. The van der Waals surface area contributed by atoms with E-state index in [1.54, 1.807) is 0 Å². The van der Waals surface area contributed by atoms with E-state index in [-0.39, 0.29) is 13.2 Å². The number of aliphatic hydroxyl groups excluding tert-OH is 2. The molecule has 0 aliphatic heterocycles. The predicted molar refractivity (Wildman–Crippen MR) is 184 cm³/mol. The smallest absolute Gasteiger partial charge is 0.338 e. The number of aliphatic hydroxyl groups is 2. The summed E-state index contributed by atoms with van der Waals surface area (Å²) in [5, 5.41) is 20.0. The summed E-state index contributed by atoms with van der Waals surface area (Å²) in [6, 6.07) is 0. The molecule has 0 fully saturated rings. The van der Waals surface area contributed by atoms with Crippen molar-refractivity contribution in [3.05, 3.63) is 0 Å². The quantitative estimate of drug-likeness (QED) is 0.0537. The topological polar surface area (TPSA) is 93.1 Å². The number of ether oxygens (including phenoxy) is 2. The molecule has 0 unspecified atom stereocenters. The lowest BCUT2D eigenvalue weighted by Crippen LogP contribution is -2.41. The van der Waals surface area contributed by atoms with Crippen molar-refractivity contribution in [3.63, 3.8) is 0 Å². The van der Waals surface area contributed by atoms with Crippen molar-refractivity contribution in [3.8, 4) is 0 Å². The number of carbonyl (C=O) groups is 2. The molecular formula is C38H74O6. The van der Waals surface area contributed by atoms with Gasteiger partial charge in [0.1, 0.15) is 0 Å². The third-order valence-electron chi connectivity index (χ3n) is 8.77. The highest BCUT2D eigenvalue weighted by Gasteiger charge is 2.32. The zero-order chi connectivity index (χ0) is 32.4. The largest absolute Gasteiger partial charge is 0.464 e. The Kier molecular flexibility index (Phi) is 33.8. The minimum Gasteiger partial charge on any atom is -0.464 e. The van der Waals surface area contributed by atoms with E-state index in [9.17, 15) is 19.8 Å². The number of unbranched alkanes of at least 4 members (excludes halogenated alkanes) is 28. The Morgan fingerprint density at radius 1 is 0.364 bits per heavy atom. The minimum absolute atomic E-state index is 0.189. The average Bonchev–Trinajstić information content (AvgIpc) is 3.03. The first-order chi connectivity index (χ1) is 21.5. The molecule has 0 aromatic carbocycles. The molecule has 0 heterocycles. The van der Waals surface area contributed by atoms with Gasteiger partial charge in [0, 0.05) is 0 Å². The number of hydrogen-bond donors (Lipinski definition) is 2. The molecule has 0 aromatic rings. The fourth-order valence-corrected chi connectivity index (χ4v) is 5.72. The molecule has 0 saturated heterocycles. The fraction of sp³-hybridized carbons (Fsp3) is 0.947. The maximum Gasteiger partial charge on any atom is 0.338 e. The molecule has 6 heteroatoms. The summed E-state index contributed by atoms with van der Waals surface area (Å²) in [7, 11) is 0. The molecule has 0 amide bonds. The van der Waals surface area contributed by atoms with Gasteiger partial charge >= 0.3 is 11.9 Å². The summed E-state index contributed by atoms with van der Waals surface area (Å²) in [4.78, 5) is 24.0. The van der Waals surface area contributed by atoms with E-state index in [0.29, 0.717) is 0 Å². The van der Waals surface area contributed by atoms with Gasteiger partial charge in [-0.05, 0) is 12.8 Å². The van der Waals surface area contributed by atoms with Gasteiger partial charge < -0.3 is 19.7 Å². The Morgan fingerprint density at radius 2 is 0.545 bits per heavy atom. The molecule has 0 aliphatic rings. The van der Waals surface area contributed by atoms with E-state index in [2.05, 4.69) is 13.8 Å². The molecule has 0 aliphatic carbocycles. The highest BCUT2D eigenvalue weighted by Crippen LogP contribution is 2.15. The van der Waals surface area contributed by atoms with E-state index in [1.165, 1.54) is 154 Å². The number of hydrogen-bond acceptors (Lipinski definition) is 6. The van der Waals surface area contributed by atoms with Crippen molar-refractivity contribution in [1.82, 2.24) is 0 Å². The Hall–Kier alpha value is -1.14. The molecule has 44 heavy (non-hydrogen) atoms. The molecule has 0 rings (SSSR count). The highest BCUT2D eigenvalue weighted by atomic mass is 16.6. The monoisotopic (exact) mass is 627 g/mol. The summed E-state index contributed by atoms with van der Waals surface area (Å²) < 4.78 is 10.1. The van der Waals surface area contributed by atoms with Crippen LogP contribution in [-0.4, -0.2) is 47.6 Å². The fourth-order valence-electron chi connectivity index (χ4n) is 5.72. The Labute approximate surface area is 272 Å². The standard InChI is InChI=1S/C38H74O6/c1-3-5-7-9-11-13-15-17-19-20-22-24-26-28-30-32-34-44-38(42)36(40)35(39)37(41)43-33-31-29-27-25-23-21-18-16-14-12-10-8-6-4-2/h35-36,39-40H,3-34H2,1-2H3/t35-,36-/m1/s1. The van der Waals surface area contributed by atoms with E-state index in [4.69, 9.17) is 9.47 Å². The summed E-state index contributed by atoms with van der Waals surface area (Å²) in [6.45, 7) is 4.90. The van der Waals surface area contributed by atoms with Crippen LogP contribution in [0.2, 0.25) is 0 Å². The van der Waals surface area contributed by atoms with Crippen LogP contribution < -0.4 is 0 Å². The first-order valence-electron chi connectivity index (χ1n) is 19.2. The van der Waals surface area contributed by atoms with Crippen molar-refractivity contribution in [1.29, 1.82) is 0 Å². The lowest BCUT2D eigenvalue weighted by molar-refractivity contribution is -0.173. The summed E-state index contributed by atoms with van der Waals surface area (Å²) >= 11 is 0. The third-order valence-corrected chi connectivity index (χ3v) is 8.77. The van der Waals surface area contributed by atoms with Crippen molar-refractivity contribution in [2.75, 3.05) is 13.2 Å². The summed E-state index contributed by atoms with van der Waals surface area (Å²) in [5.41, 5.74) is 0. The van der Waals surface area contributed by atoms with E-state index >= 15 is 0 Å². The van der Waals surface area contributed by atoms with Crippen LogP contribution in [-0.2, 0) is 19.1 Å². The molecule has 0 saturated carbocycles. The van der Waals surface area contributed by atoms with Gasteiger partial charge in [-0.1, -0.05) is 194 Å². The van der Waals surface area contributed by atoms with E-state index < -0.39 is 24.1 Å². The van der Waals surface area contributed by atoms with Crippen LogP contribution in [0.15, 0.2) is 0 Å². The average molecular weight is 627 g/mol. The second-order valence-electron chi connectivity index (χ2n) is 13.1. The van der Waals surface area contributed by atoms with Crippen LogP contribution >= 0.6 is 0 Å². The molecule has 2 N–H and O–H groups in total. The van der Waals surface area contributed by atoms with Crippen molar-refractivity contribution in [2.45, 2.75) is 219 Å². The molecule has 2 atom stereocenters. The predicted octanol–water partition coefficient (Wildman–Crippen LogP) is 10.5. The number of esters is 2. The number of carbonyl (C=O) groups excluding carboxylic acids is 2. The van der Waals surface area contributed by atoms with Crippen LogP contribution in [0.1, 0.15) is 206 Å². The van der Waals surface area contributed by atoms with Gasteiger partial charge in [-0.15, -0.1) is 0 Å². The summed E-state index contributed by atoms with van der Waals surface area (Å²) in [6.07, 6.45) is 33.9. The van der Waals surface area contributed by atoms with Crippen LogP contribution in [0, 0.1) is 0 Å². The number of rotatable bonds is 35.